The molecule has 0 aliphatic carbocycles. The van der Waals surface area contributed by atoms with Crippen LogP contribution in [0.15, 0.2) is 16.5 Å². The standard InChI is InChI=1S/C16H24N2O4S/c1-12-7-8-14(22-12)10-18-15(20)6-4-3-5-9-17-16(21)11-23-13(2)19/h7-8H,3-6,9-11H2,1-2H3,(H,17,21)(H,18,20). The lowest BCUT2D eigenvalue weighted by atomic mass is 10.2. The van der Waals surface area contributed by atoms with Crippen molar-refractivity contribution in [1.82, 2.24) is 10.6 Å². The van der Waals surface area contributed by atoms with E-state index >= 15 is 0 Å². The smallest absolute Gasteiger partial charge is 0.230 e. The molecule has 0 saturated heterocycles. The van der Waals surface area contributed by atoms with Gasteiger partial charge in [0.2, 0.25) is 11.8 Å². The Morgan fingerprint density at radius 2 is 1.87 bits per heavy atom. The molecule has 7 heteroatoms. The van der Waals surface area contributed by atoms with E-state index in [1.165, 1.54) is 6.92 Å². The molecule has 0 aliphatic heterocycles. The maximum Gasteiger partial charge on any atom is 0.230 e. The van der Waals surface area contributed by atoms with Crippen molar-refractivity contribution in [2.45, 2.75) is 46.1 Å². The summed E-state index contributed by atoms with van der Waals surface area (Å²) in [4.78, 5) is 33.7. The Labute approximate surface area is 140 Å². The van der Waals surface area contributed by atoms with Gasteiger partial charge in [-0.05, 0) is 31.9 Å². The third-order valence-electron chi connectivity index (χ3n) is 3.07. The van der Waals surface area contributed by atoms with Crippen molar-refractivity contribution in [2.24, 2.45) is 0 Å². The fourth-order valence-electron chi connectivity index (χ4n) is 1.89. The van der Waals surface area contributed by atoms with E-state index in [4.69, 9.17) is 4.42 Å². The minimum atomic E-state index is -0.128. The summed E-state index contributed by atoms with van der Waals surface area (Å²) in [5.74, 6) is 1.63. The first-order chi connectivity index (χ1) is 11.0. The van der Waals surface area contributed by atoms with Crippen molar-refractivity contribution < 1.29 is 18.8 Å². The van der Waals surface area contributed by atoms with Crippen LogP contribution in [0.25, 0.3) is 0 Å². The highest BCUT2D eigenvalue weighted by molar-refractivity contribution is 8.14. The number of amides is 2. The number of carbonyl (C=O) groups excluding carboxylic acids is 3. The van der Waals surface area contributed by atoms with Gasteiger partial charge < -0.3 is 15.1 Å². The highest BCUT2D eigenvalue weighted by atomic mass is 32.2. The van der Waals surface area contributed by atoms with E-state index in [1.54, 1.807) is 0 Å². The van der Waals surface area contributed by atoms with Gasteiger partial charge in [-0.3, -0.25) is 14.4 Å². The van der Waals surface area contributed by atoms with Gasteiger partial charge in [-0.25, -0.2) is 0 Å². The van der Waals surface area contributed by atoms with Crippen LogP contribution in [-0.2, 0) is 20.9 Å². The molecule has 0 fully saturated rings. The van der Waals surface area contributed by atoms with E-state index in [0.29, 0.717) is 19.5 Å². The Bertz CT molecular complexity index is 528. The molecule has 128 valence electrons. The number of aryl methyl sites for hydroxylation is 1. The first-order valence-electron chi connectivity index (χ1n) is 7.69. The average molecular weight is 340 g/mol. The number of nitrogens with one attached hydrogen (secondary N) is 2. The molecule has 0 saturated carbocycles. The first kappa shape index (κ1) is 19.3. The number of hydrogen-bond donors (Lipinski definition) is 2. The monoisotopic (exact) mass is 340 g/mol. The Balaban J connectivity index is 1.96. The summed E-state index contributed by atoms with van der Waals surface area (Å²) in [5, 5.41) is 5.50. The molecule has 1 heterocycles. The van der Waals surface area contributed by atoms with Gasteiger partial charge in [0, 0.05) is 19.9 Å². The lowest BCUT2D eigenvalue weighted by molar-refractivity contribution is -0.121. The quantitative estimate of drug-likeness (QED) is 0.637. The minimum absolute atomic E-state index is 0.000877. The Morgan fingerprint density at radius 1 is 1.09 bits per heavy atom. The van der Waals surface area contributed by atoms with Crippen LogP contribution in [0.3, 0.4) is 0 Å². The van der Waals surface area contributed by atoms with Crippen molar-refractivity contribution in [3.63, 3.8) is 0 Å². The van der Waals surface area contributed by atoms with Crippen LogP contribution in [0.1, 0.15) is 44.1 Å². The molecule has 0 aliphatic rings. The van der Waals surface area contributed by atoms with Crippen molar-refractivity contribution >= 4 is 28.7 Å². The Morgan fingerprint density at radius 3 is 2.52 bits per heavy atom. The molecule has 0 unspecified atom stereocenters. The normalized spacial score (nSPS) is 10.3. The lowest BCUT2D eigenvalue weighted by Crippen LogP contribution is -2.26. The van der Waals surface area contributed by atoms with E-state index in [-0.39, 0.29) is 22.7 Å². The van der Waals surface area contributed by atoms with Gasteiger partial charge >= 0.3 is 0 Å². The van der Waals surface area contributed by atoms with Crippen molar-refractivity contribution in [3.05, 3.63) is 23.7 Å². The molecule has 0 aromatic carbocycles. The van der Waals surface area contributed by atoms with Crippen LogP contribution < -0.4 is 10.6 Å². The maximum atomic E-state index is 11.7. The van der Waals surface area contributed by atoms with Gasteiger partial charge in [-0.2, -0.15) is 0 Å². The zero-order valence-electron chi connectivity index (χ0n) is 13.6. The molecule has 23 heavy (non-hydrogen) atoms. The number of thioether (sulfide) groups is 1. The first-order valence-corrected chi connectivity index (χ1v) is 8.68. The summed E-state index contributed by atoms with van der Waals surface area (Å²) in [5.41, 5.74) is 0. The molecule has 1 rings (SSSR count). The second-order valence-corrected chi connectivity index (χ2v) is 6.38. The highest BCUT2D eigenvalue weighted by Crippen LogP contribution is 2.06. The maximum absolute atomic E-state index is 11.7. The van der Waals surface area contributed by atoms with Gasteiger partial charge in [0.1, 0.15) is 11.5 Å². The molecular formula is C16H24N2O4S. The van der Waals surface area contributed by atoms with Gasteiger partial charge in [-0.15, -0.1) is 0 Å². The van der Waals surface area contributed by atoms with Crippen LogP contribution in [0.5, 0.6) is 0 Å². The Kier molecular flexibility index (Phi) is 9.12. The molecule has 1 aromatic heterocycles. The topological polar surface area (TPSA) is 88.4 Å². The van der Waals surface area contributed by atoms with Gasteiger partial charge in [0.25, 0.3) is 0 Å². The third kappa shape index (κ3) is 9.78. The number of furan rings is 1. The number of rotatable bonds is 10. The van der Waals surface area contributed by atoms with E-state index in [1.807, 2.05) is 19.1 Å². The summed E-state index contributed by atoms with van der Waals surface area (Å²) in [6.45, 7) is 4.29. The van der Waals surface area contributed by atoms with E-state index in [9.17, 15) is 14.4 Å². The minimum Gasteiger partial charge on any atom is -0.465 e. The fourth-order valence-corrected chi connectivity index (χ4v) is 2.32. The molecule has 1 aromatic rings. The predicted molar refractivity (Wildman–Crippen MR) is 89.9 cm³/mol. The van der Waals surface area contributed by atoms with Gasteiger partial charge in [0.15, 0.2) is 5.12 Å². The number of unbranched alkanes of at least 4 members (excludes halogenated alkanes) is 2. The van der Waals surface area contributed by atoms with Crippen molar-refractivity contribution in [1.29, 1.82) is 0 Å². The second kappa shape index (κ2) is 10.9. The van der Waals surface area contributed by atoms with E-state index < -0.39 is 0 Å². The zero-order chi connectivity index (χ0) is 17.1. The summed E-state index contributed by atoms with van der Waals surface area (Å²) in [7, 11) is 0. The van der Waals surface area contributed by atoms with Crippen molar-refractivity contribution in [2.75, 3.05) is 12.3 Å². The summed E-state index contributed by atoms with van der Waals surface area (Å²) >= 11 is 1.01. The van der Waals surface area contributed by atoms with Crippen LogP contribution >= 0.6 is 11.8 Å². The SMILES string of the molecule is CC(=O)SCC(=O)NCCCCCC(=O)NCc1ccc(C)o1. The number of carbonyl (C=O) groups is 3. The highest BCUT2D eigenvalue weighted by Gasteiger charge is 2.05. The second-order valence-electron chi connectivity index (χ2n) is 5.23. The van der Waals surface area contributed by atoms with Crippen molar-refractivity contribution in [3.8, 4) is 0 Å². The van der Waals surface area contributed by atoms with Gasteiger partial charge in [-0.1, -0.05) is 18.2 Å². The average Bonchev–Trinajstić information content (AvgIpc) is 2.92. The summed E-state index contributed by atoms with van der Waals surface area (Å²) < 4.78 is 5.37. The molecule has 2 amide bonds. The van der Waals surface area contributed by atoms with E-state index in [2.05, 4.69) is 10.6 Å². The molecular weight excluding hydrogens is 316 g/mol. The zero-order valence-corrected chi connectivity index (χ0v) is 14.5. The molecule has 2 N–H and O–H groups in total. The van der Waals surface area contributed by atoms with E-state index in [0.717, 1.165) is 42.5 Å². The van der Waals surface area contributed by atoms with Crippen LogP contribution in [-0.4, -0.2) is 29.2 Å². The molecule has 0 radical (unpaired) electrons. The molecule has 0 spiro atoms. The predicted octanol–water partition coefficient (Wildman–Crippen LogP) is 2.16. The summed E-state index contributed by atoms with van der Waals surface area (Å²) in [6, 6.07) is 3.72. The lowest BCUT2D eigenvalue weighted by Gasteiger charge is -2.05. The number of hydrogen-bond acceptors (Lipinski definition) is 5. The fraction of sp³-hybridized carbons (Fsp3) is 0.562. The largest absolute Gasteiger partial charge is 0.465 e. The summed E-state index contributed by atoms with van der Waals surface area (Å²) in [6.07, 6.45) is 2.93. The molecule has 6 nitrogen and oxygen atoms in total. The third-order valence-corrected chi connectivity index (χ3v) is 3.88. The molecule has 0 atom stereocenters. The van der Waals surface area contributed by atoms with Crippen LogP contribution in [0, 0.1) is 6.92 Å². The Hall–Kier alpha value is -1.76. The molecule has 0 bridgehead atoms. The van der Waals surface area contributed by atoms with Crippen LogP contribution in [0.4, 0.5) is 0 Å². The van der Waals surface area contributed by atoms with Gasteiger partial charge in [0.05, 0.1) is 12.3 Å². The van der Waals surface area contributed by atoms with Crippen LogP contribution in [0.2, 0.25) is 0 Å².